The molecule has 28 heavy (non-hydrogen) atoms. The van der Waals surface area contributed by atoms with Crippen LogP contribution < -0.4 is 5.32 Å². The van der Waals surface area contributed by atoms with Gasteiger partial charge in [0.15, 0.2) is 5.96 Å². The molecule has 2 fully saturated rings. The molecule has 4 rings (SSSR count). The van der Waals surface area contributed by atoms with Crippen LogP contribution in [0, 0.1) is 0 Å². The van der Waals surface area contributed by atoms with E-state index in [0.717, 1.165) is 48.7 Å². The standard InChI is InChI=1S/C21H29BrN6/c1-23-20(28-12-8-16(9-13-28)19-25-15-26-27-19)24-14-21(10-2-3-11-21)17-4-6-18(22)7-5-17/h4-7,15-16H,2-3,8-14H2,1H3,(H,23,24)(H,25,26,27). The number of likely N-dealkylation sites (tertiary alicyclic amines) is 1. The Hall–Kier alpha value is -1.89. The molecule has 2 N–H and O–H groups in total. The summed E-state index contributed by atoms with van der Waals surface area (Å²) >= 11 is 3.56. The second-order valence-corrected chi connectivity index (χ2v) is 8.94. The van der Waals surface area contributed by atoms with Crippen molar-refractivity contribution in [1.29, 1.82) is 0 Å². The fourth-order valence-corrected chi connectivity index (χ4v) is 5.04. The van der Waals surface area contributed by atoms with E-state index in [9.17, 15) is 0 Å². The third kappa shape index (κ3) is 4.09. The van der Waals surface area contributed by atoms with Gasteiger partial charge in [-0.3, -0.25) is 10.1 Å². The number of guanidine groups is 1. The van der Waals surface area contributed by atoms with Gasteiger partial charge in [-0.25, -0.2) is 4.98 Å². The first-order chi connectivity index (χ1) is 13.7. The summed E-state index contributed by atoms with van der Waals surface area (Å²) in [5.74, 6) is 2.52. The molecule has 0 bridgehead atoms. The van der Waals surface area contributed by atoms with Crippen molar-refractivity contribution in [2.24, 2.45) is 4.99 Å². The first kappa shape index (κ1) is 19.4. The van der Waals surface area contributed by atoms with Gasteiger partial charge in [-0.15, -0.1) is 0 Å². The summed E-state index contributed by atoms with van der Waals surface area (Å²) < 4.78 is 1.14. The van der Waals surface area contributed by atoms with Crippen LogP contribution in [0.3, 0.4) is 0 Å². The second-order valence-electron chi connectivity index (χ2n) is 8.03. The minimum absolute atomic E-state index is 0.217. The number of aliphatic imine (C=N–C) groups is 1. The van der Waals surface area contributed by atoms with E-state index in [2.05, 4.69) is 70.6 Å². The molecule has 0 radical (unpaired) electrons. The molecule has 1 aromatic heterocycles. The Labute approximate surface area is 175 Å². The smallest absolute Gasteiger partial charge is 0.193 e. The summed E-state index contributed by atoms with van der Waals surface area (Å²) in [6, 6.07) is 8.89. The molecule has 0 unspecified atom stereocenters. The second kappa shape index (κ2) is 8.64. The normalized spacial score (nSPS) is 20.5. The fraction of sp³-hybridized carbons (Fsp3) is 0.571. The number of aromatic amines is 1. The minimum atomic E-state index is 0.217. The lowest BCUT2D eigenvalue weighted by Crippen LogP contribution is -2.49. The van der Waals surface area contributed by atoms with Gasteiger partial charge in [-0.2, -0.15) is 5.10 Å². The number of benzene rings is 1. The average Bonchev–Trinajstić information content (AvgIpc) is 3.42. The van der Waals surface area contributed by atoms with Crippen molar-refractivity contribution in [1.82, 2.24) is 25.4 Å². The summed E-state index contributed by atoms with van der Waals surface area (Å²) in [5.41, 5.74) is 1.66. The molecule has 1 saturated carbocycles. The Balaban J connectivity index is 1.39. The van der Waals surface area contributed by atoms with E-state index in [1.165, 1.54) is 31.2 Å². The monoisotopic (exact) mass is 444 g/mol. The van der Waals surface area contributed by atoms with Crippen molar-refractivity contribution in [3.8, 4) is 0 Å². The molecular weight excluding hydrogens is 416 g/mol. The van der Waals surface area contributed by atoms with Crippen molar-refractivity contribution in [3.63, 3.8) is 0 Å². The van der Waals surface area contributed by atoms with Crippen molar-refractivity contribution in [3.05, 3.63) is 46.5 Å². The Morgan fingerprint density at radius 1 is 1.25 bits per heavy atom. The molecule has 1 aliphatic heterocycles. The summed E-state index contributed by atoms with van der Waals surface area (Å²) in [6.45, 7) is 2.94. The average molecular weight is 445 g/mol. The summed E-state index contributed by atoms with van der Waals surface area (Å²) in [6.07, 6.45) is 8.85. The van der Waals surface area contributed by atoms with E-state index in [1.54, 1.807) is 6.33 Å². The predicted octanol–water partition coefficient (Wildman–Crippen LogP) is 3.83. The van der Waals surface area contributed by atoms with Crippen LogP contribution in [0.5, 0.6) is 0 Å². The summed E-state index contributed by atoms with van der Waals surface area (Å²) in [7, 11) is 1.89. The van der Waals surface area contributed by atoms with Crippen molar-refractivity contribution in [2.45, 2.75) is 49.9 Å². The first-order valence-corrected chi connectivity index (χ1v) is 11.1. The van der Waals surface area contributed by atoms with E-state index >= 15 is 0 Å². The molecule has 2 aromatic rings. The highest BCUT2D eigenvalue weighted by atomic mass is 79.9. The molecule has 150 valence electrons. The summed E-state index contributed by atoms with van der Waals surface area (Å²) in [5, 5.41) is 10.7. The number of piperidine rings is 1. The van der Waals surface area contributed by atoms with Gasteiger partial charge in [0.25, 0.3) is 0 Å². The van der Waals surface area contributed by atoms with E-state index in [-0.39, 0.29) is 5.41 Å². The highest BCUT2D eigenvalue weighted by molar-refractivity contribution is 9.10. The quantitative estimate of drug-likeness (QED) is 0.555. The Morgan fingerprint density at radius 3 is 2.57 bits per heavy atom. The maximum Gasteiger partial charge on any atom is 0.193 e. The number of hydrogen-bond donors (Lipinski definition) is 2. The van der Waals surface area contributed by atoms with Crippen molar-refractivity contribution in [2.75, 3.05) is 26.7 Å². The highest BCUT2D eigenvalue weighted by Gasteiger charge is 2.36. The van der Waals surface area contributed by atoms with E-state index in [4.69, 9.17) is 0 Å². The Bertz CT molecular complexity index is 772. The minimum Gasteiger partial charge on any atom is -0.355 e. The largest absolute Gasteiger partial charge is 0.355 e. The first-order valence-electron chi connectivity index (χ1n) is 10.3. The predicted molar refractivity (Wildman–Crippen MR) is 116 cm³/mol. The molecule has 0 spiro atoms. The number of rotatable bonds is 4. The Morgan fingerprint density at radius 2 is 1.96 bits per heavy atom. The molecular formula is C21H29BrN6. The van der Waals surface area contributed by atoms with Crippen molar-refractivity contribution >= 4 is 21.9 Å². The maximum absolute atomic E-state index is 4.59. The molecule has 1 aromatic carbocycles. The zero-order valence-electron chi connectivity index (χ0n) is 16.5. The molecule has 2 aliphatic rings. The van der Waals surface area contributed by atoms with Gasteiger partial charge in [0.1, 0.15) is 12.2 Å². The number of halogens is 1. The highest BCUT2D eigenvalue weighted by Crippen LogP contribution is 2.41. The van der Waals surface area contributed by atoms with Crippen LogP contribution in [0.25, 0.3) is 0 Å². The van der Waals surface area contributed by atoms with Gasteiger partial charge in [-0.05, 0) is 43.4 Å². The lowest BCUT2D eigenvalue weighted by molar-refractivity contribution is 0.295. The number of H-pyrrole nitrogens is 1. The third-order valence-electron chi connectivity index (χ3n) is 6.43. The lowest BCUT2D eigenvalue weighted by atomic mass is 9.79. The van der Waals surface area contributed by atoms with E-state index in [1.807, 2.05) is 7.05 Å². The summed E-state index contributed by atoms with van der Waals surface area (Å²) in [4.78, 5) is 11.3. The van der Waals surface area contributed by atoms with Gasteiger partial charge in [0.05, 0.1) is 0 Å². The van der Waals surface area contributed by atoms with Crippen molar-refractivity contribution < 1.29 is 0 Å². The number of nitrogens with zero attached hydrogens (tertiary/aromatic N) is 4. The topological polar surface area (TPSA) is 69.2 Å². The zero-order chi connectivity index (χ0) is 19.4. The maximum atomic E-state index is 4.59. The Kier molecular flexibility index (Phi) is 5.99. The lowest BCUT2D eigenvalue weighted by Gasteiger charge is -2.36. The van der Waals surface area contributed by atoms with Gasteiger partial charge in [0, 0.05) is 42.5 Å². The van der Waals surface area contributed by atoms with E-state index < -0.39 is 0 Å². The van der Waals surface area contributed by atoms with Crippen LogP contribution in [0.1, 0.15) is 55.8 Å². The molecule has 1 aliphatic carbocycles. The number of aromatic nitrogens is 3. The van der Waals surface area contributed by atoms with Gasteiger partial charge < -0.3 is 10.2 Å². The molecule has 6 nitrogen and oxygen atoms in total. The molecule has 0 atom stereocenters. The SMILES string of the molecule is CN=C(NCC1(c2ccc(Br)cc2)CCCC1)N1CCC(c2ncn[nH]2)CC1. The third-order valence-corrected chi connectivity index (χ3v) is 6.96. The van der Waals surface area contributed by atoms with Crippen LogP contribution in [0.15, 0.2) is 40.1 Å². The van der Waals surface area contributed by atoms with Crippen LogP contribution in [-0.2, 0) is 5.41 Å². The number of nitrogens with one attached hydrogen (secondary N) is 2. The zero-order valence-corrected chi connectivity index (χ0v) is 18.1. The number of hydrogen-bond acceptors (Lipinski definition) is 3. The molecule has 7 heteroatoms. The molecule has 1 saturated heterocycles. The van der Waals surface area contributed by atoms with Gasteiger partial charge in [-0.1, -0.05) is 40.9 Å². The van der Waals surface area contributed by atoms with Crippen LogP contribution in [-0.4, -0.2) is 52.7 Å². The van der Waals surface area contributed by atoms with Crippen LogP contribution in [0.4, 0.5) is 0 Å². The van der Waals surface area contributed by atoms with Gasteiger partial charge in [0.2, 0.25) is 0 Å². The van der Waals surface area contributed by atoms with Crippen LogP contribution >= 0.6 is 15.9 Å². The van der Waals surface area contributed by atoms with Crippen LogP contribution in [0.2, 0.25) is 0 Å². The molecule has 0 amide bonds. The van der Waals surface area contributed by atoms with Gasteiger partial charge >= 0.3 is 0 Å². The fourth-order valence-electron chi connectivity index (χ4n) is 4.78. The molecule has 2 heterocycles. The van der Waals surface area contributed by atoms with E-state index in [0.29, 0.717) is 5.92 Å².